The Morgan fingerprint density at radius 1 is 1.20 bits per heavy atom. The second-order valence-corrected chi connectivity index (χ2v) is 8.08. The van der Waals surface area contributed by atoms with Crippen molar-refractivity contribution in [1.82, 2.24) is 4.90 Å². The number of para-hydroxylation sites is 1. The normalized spacial score (nSPS) is 20.3. The summed E-state index contributed by atoms with van der Waals surface area (Å²) in [6.07, 6.45) is 4.38. The van der Waals surface area contributed by atoms with Crippen LogP contribution in [-0.2, 0) is 4.79 Å². The number of fused-ring (bicyclic) bond motifs is 2. The first-order chi connectivity index (χ1) is 11.8. The average Bonchev–Trinajstić information content (AvgIpc) is 2.56. The highest BCUT2D eigenvalue weighted by atomic mass is 16.5. The molecule has 4 heteroatoms. The highest BCUT2D eigenvalue weighted by Crippen LogP contribution is 2.48. The summed E-state index contributed by atoms with van der Waals surface area (Å²) in [7, 11) is 3.90. The van der Waals surface area contributed by atoms with E-state index in [9.17, 15) is 4.79 Å². The molecule has 2 aliphatic rings. The van der Waals surface area contributed by atoms with Crippen LogP contribution in [0.15, 0.2) is 46.2 Å². The molecule has 0 amide bonds. The number of hydrogen-bond donors (Lipinski definition) is 0. The first kappa shape index (κ1) is 17.5. The molecule has 25 heavy (non-hydrogen) atoms. The Balaban J connectivity index is 2.22. The number of hydrogen-bond acceptors (Lipinski definition) is 3. The number of allylic oxidation sites excluding steroid dienone is 2. The first-order valence-corrected chi connectivity index (χ1v) is 8.71. The number of aliphatic imine (C=N–C) groups is 1. The molecule has 1 aliphatic heterocycles. The van der Waals surface area contributed by atoms with Gasteiger partial charge in [-0.1, -0.05) is 32.9 Å². The second-order valence-electron chi connectivity index (χ2n) is 8.08. The number of benzene rings is 1. The van der Waals surface area contributed by atoms with E-state index >= 15 is 0 Å². The highest BCUT2D eigenvalue weighted by molar-refractivity contribution is 5.86. The summed E-state index contributed by atoms with van der Waals surface area (Å²) in [6, 6.07) is 7.90. The van der Waals surface area contributed by atoms with E-state index in [4.69, 9.17) is 9.73 Å². The van der Waals surface area contributed by atoms with E-state index in [1.807, 2.05) is 49.6 Å². The molecule has 1 aromatic rings. The third-order valence-corrected chi connectivity index (χ3v) is 4.91. The Bertz CT molecular complexity index is 779. The van der Waals surface area contributed by atoms with E-state index in [0.717, 1.165) is 47.3 Å². The predicted octanol–water partition coefficient (Wildman–Crippen LogP) is 4.29. The van der Waals surface area contributed by atoms with Crippen LogP contribution in [0.2, 0.25) is 0 Å². The van der Waals surface area contributed by atoms with Gasteiger partial charge in [-0.2, -0.15) is 0 Å². The molecule has 1 aromatic carbocycles. The summed E-state index contributed by atoms with van der Waals surface area (Å²) in [5.74, 6) is 1.85. The molecular formula is C21H26N2O2. The smallest absolute Gasteiger partial charge is 0.149 e. The highest BCUT2D eigenvalue weighted by Gasteiger charge is 2.37. The molecule has 0 spiro atoms. The molecule has 0 saturated carbocycles. The van der Waals surface area contributed by atoms with Crippen molar-refractivity contribution in [2.75, 3.05) is 14.1 Å². The Kier molecular flexibility index (Phi) is 4.55. The van der Waals surface area contributed by atoms with E-state index in [2.05, 4.69) is 20.8 Å². The zero-order valence-corrected chi connectivity index (χ0v) is 15.7. The zero-order valence-electron chi connectivity index (χ0n) is 15.7. The first-order valence-electron chi connectivity index (χ1n) is 8.71. The average molecular weight is 338 g/mol. The second kappa shape index (κ2) is 6.51. The Morgan fingerprint density at radius 2 is 1.92 bits per heavy atom. The van der Waals surface area contributed by atoms with E-state index < -0.39 is 0 Å². The molecule has 132 valence electrons. The van der Waals surface area contributed by atoms with E-state index in [-0.39, 0.29) is 5.41 Å². The molecule has 0 radical (unpaired) electrons. The number of rotatable bonds is 3. The number of carbonyl (C=O) groups is 1. The number of aldehydes is 1. The third kappa shape index (κ3) is 3.39. The SMILES string of the molecule is CN(C)C=NC1=C2CC(C(C)(C)C)CC(C=O)=C2Oc2ccccc21. The molecule has 3 rings (SSSR count). The minimum absolute atomic E-state index is 0.111. The number of nitrogens with zero attached hydrogens (tertiary/aromatic N) is 2. The van der Waals surface area contributed by atoms with Crippen LogP contribution in [0.5, 0.6) is 5.75 Å². The van der Waals surface area contributed by atoms with E-state index in [0.29, 0.717) is 11.7 Å². The van der Waals surface area contributed by atoms with Gasteiger partial charge in [0.2, 0.25) is 0 Å². The lowest BCUT2D eigenvalue weighted by molar-refractivity contribution is -0.105. The van der Waals surface area contributed by atoms with Crippen LogP contribution in [0.4, 0.5) is 0 Å². The van der Waals surface area contributed by atoms with Crippen molar-refractivity contribution in [2.45, 2.75) is 33.6 Å². The molecule has 1 aliphatic carbocycles. The summed E-state index contributed by atoms with van der Waals surface area (Å²) in [5, 5.41) is 0. The van der Waals surface area contributed by atoms with Gasteiger partial charge in [0.1, 0.15) is 17.8 Å². The lowest BCUT2D eigenvalue weighted by Gasteiger charge is -2.38. The Labute approximate surface area is 149 Å². The molecule has 0 N–H and O–H groups in total. The minimum atomic E-state index is 0.111. The van der Waals surface area contributed by atoms with Gasteiger partial charge in [0, 0.05) is 30.8 Å². The van der Waals surface area contributed by atoms with Crippen molar-refractivity contribution in [1.29, 1.82) is 0 Å². The lowest BCUT2D eigenvalue weighted by atomic mass is 9.70. The molecule has 1 heterocycles. The van der Waals surface area contributed by atoms with Crippen LogP contribution in [0.1, 0.15) is 39.2 Å². The largest absolute Gasteiger partial charge is 0.456 e. The molecule has 0 fully saturated rings. The molecule has 1 atom stereocenters. The Hall–Kier alpha value is -2.36. The summed E-state index contributed by atoms with van der Waals surface area (Å²) in [5.41, 5.74) is 3.80. The van der Waals surface area contributed by atoms with E-state index in [1.54, 1.807) is 0 Å². The molecule has 4 nitrogen and oxygen atoms in total. The van der Waals surface area contributed by atoms with Crippen LogP contribution >= 0.6 is 0 Å². The fourth-order valence-electron chi connectivity index (χ4n) is 3.35. The molecule has 1 unspecified atom stereocenters. The monoisotopic (exact) mass is 338 g/mol. The number of ether oxygens (including phenoxy) is 1. The van der Waals surface area contributed by atoms with Gasteiger partial charge in [-0.15, -0.1) is 0 Å². The zero-order chi connectivity index (χ0) is 18.2. The van der Waals surface area contributed by atoms with Gasteiger partial charge in [0.05, 0.1) is 12.0 Å². The molecule has 0 aromatic heterocycles. The van der Waals surface area contributed by atoms with Crippen molar-refractivity contribution >= 4 is 18.3 Å². The minimum Gasteiger partial charge on any atom is -0.456 e. The van der Waals surface area contributed by atoms with Gasteiger partial charge in [0.15, 0.2) is 0 Å². The lowest BCUT2D eigenvalue weighted by Crippen LogP contribution is -2.28. The third-order valence-electron chi connectivity index (χ3n) is 4.91. The quantitative estimate of drug-likeness (QED) is 0.469. The van der Waals surface area contributed by atoms with Gasteiger partial charge >= 0.3 is 0 Å². The van der Waals surface area contributed by atoms with Crippen molar-refractivity contribution in [3.8, 4) is 5.75 Å². The topological polar surface area (TPSA) is 41.9 Å². The fourth-order valence-corrected chi connectivity index (χ4v) is 3.35. The van der Waals surface area contributed by atoms with Gasteiger partial charge in [-0.3, -0.25) is 4.79 Å². The fraction of sp³-hybridized carbons (Fsp3) is 0.429. The maximum absolute atomic E-state index is 11.8. The van der Waals surface area contributed by atoms with Crippen molar-refractivity contribution < 1.29 is 9.53 Å². The number of carbonyl (C=O) groups excluding carboxylic acids is 1. The molecular weight excluding hydrogens is 312 g/mol. The standard InChI is InChI=1S/C21H26N2O2/c1-21(2,3)15-10-14(12-24)20-17(11-15)19(22-13-23(4)5)16-8-6-7-9-18(16)25-20/h6-9,12-13,15H,10-11H2,1-5H3. The van der Waals surface area contributed by atoms with Crippen LogP contribution in [0, 0.1) is 11.3 Å². The van der Waals surface area contributed by atoms with Crippen molar-refractivity contribution in [3.05, 3.63) is 46.7 Å². The maximum atomic E-state index is 11.8. The molecule has 0 bridgehead atoms. The van der Waals surface area contributed by atoms with Crippen LogP contribution in [0.25, 0.3) is 5.70 Å². The summed E-state index contributed by atoms with van der Waals surface area (Å²) < 4.78 is 6.14. The van der Waals surface area contributed by atoms with Crippen LogP contribution in [0.3, 0.4) is 0 Å². The van der Waals surface area contributed by atoms with Crippen molar-refractivity contribution in [3.63, 3.8) is 0 Å². The summed E-state index contributed by atoms with van der Waals surface area (Å²) >= 11 is 0. The van der Waals surface area contributed by atoms with Gasteiger partial charge in [-0.05, 0) is 36.3 Å². The van der Waals surface area contributed by atoms with Crippen LogP contribution in [-0.4, -0.2) is 31.6 Å². The summed E-state index contributed by atoms with van der Waals surface area (Å²) in [6.45, 7) is 6.68. The Morgan fingerprint density at radius 3 is 2.56 bits per heavy atom. The van der Waals surface area contributed by atoms with Gasteiger partial charge < -0.3 is 9.64 Å². The summed E-state index contributed by atoms with van der Waals surface area (Å²) in [4.78, 5) is 18.4. The maximum Gasteiger partial charge on any atom is 0.149 e. The van der Waals surface area contributed by atoms with Crippen LogP contribution < -0.4 is 4.74 Å². The van der Waals surface area contributed by atoms with Crippen molar-refractivity contribution in [2.24, 2.45) is 16.3 Å². The van der Waals surface area contributed by atoms with Gasteiger partial charge in [0.25, 0.3) is 0 Å². The predicted molar refractivity (Wildman–Crippen MR) is 101 cm³/mol. The molecule has 0 saturated heterocycles. The van der Waals surface area contributed by atoms with E-state index in [1.165, 1.54) is 0 Å². The van der Waals surface area contributed by atoms with Gasteiger partial charge in [-0.25, -0.2) is 4.99 Å².